The van der Waals surface area contributed by atoms with Crippen molar-refractivity contribution < 1.29 is 19.8 Å². The first kappa shape index (κ1) is 12.3. The molecule has 96 valence electrons. The Morgan fingerprint density at radius 1 is 1.44 bits per heavy atom. The Hall–Kier alpha value is -2.15. The molecule has 1 aliphatic heterocycles. The van der Waals surface area contributed by atoms with E-state index in [1.807, 2.05) is 0 Å². The zero-order valence-electron chi connectivity index (χ0n) is 9.37. The molecule has 0 bridgehead atoms. The highest BCUT2D eigenvalue weighted by molar-refractivity contribution is 5.96. The lowest BCUT2D eigenvalue weighted by molar-refractivity contribution is -0.141. The van der Waals surface area contributed by atoms with Gasteiger partial charge in [0, 0.05) is 30.8 Å². The van der Waals surface area contributed by atoms with Gasteiger partial charge < -0.3 is 20.1 Å². The quantitative estimate of drug-likeness (QED) is 0.627. The second-order valence-corrected chi connectivity index (χ2v) is 4.14. The Labute approximate surface area is 102 Å². The first-order valence-corrected chi connectivity index (χ1v) is 5.39. The van der Waals surface area contributed by atoms with Gasteiger partial charge >= 0.3 is 5.97 Å². The highest BCUT2D eigenvalue weighted by Gasteiger charge is 2.39. The van der Waals surface area contributed by atoms with Crippen molar-refractivity contribution in [1.29, 1.82) is 0 Å². The van der Waals surface area contributed by atoms with Gasteiger partial charge in [-0.2, -0.15) is 0 Å². The average molecular weight is 252 g/mol. The second kappa shape index (κ2) is 4.61. The third-order valence-corrected chi connectivity index (χ3v) is 2.85. The van der Waals surface area contributed by atoms with Gasteiger partial charge in [0.25, 0.3) is 5.91 Å². The van der Waals surface area contributed by atoms with E-state index in [0.29, 0.717) is 0 Å². The van der Waals surface area contributed by atoms with Crippen molar-refractivity contribution in [3.05, 3.63) is 34.2 Å². The number of hydrogen-bond acceptors (Lipinski definition) is 4. The third kappa shape index (κ3) is 2.25. The molecule has 1 amide bonds. The Morgan fingerprint density at radius 2 is 2.17 bits per heavy atom. The average Bonchev–Trinajstić information content (AvgIpc) is 2.70. The maximum atomic E-state index is 12.1. The SMILES string of the molecule is O=C(O)[C@@H]1CC(O)CN1C(=O)c1cc[nH]c(=O)c1. The summed E-state index contributed by atoms with van der Waals surface area (Å²) in [6, 6.07) is 1.45. The zero-order chi connectivity index (χ0) is 13.3. The summed E-state index contributed by atoms with van der Waals surface area (Å²) in [6.45, 7) is -0.0391. The fourth-order valence-corrected chi connectivity index (χ4v) is 2.02. The van der Waals surface area contributed by atoms with Crippen LogP contribution in [0.3, 0.4) is 0 Å². The van der Waals surface area contributed by atoms with Crippen molar-refractivity contribution in [2.45, 2.75) is 18.6 Å². The Morgan fingerprint density at radius 3 is 2.78 bits per heavy atom. The Bertz CT molecular complexity index is 538. The van der Waals surface area contributed by atoms with Crippen LogP contribution in [0.1, 0.15) is 16.8 Å². The smallest absolute Gasteiger partial charge is 0.326 e. The summed E-state index contributed by atoms with van der Waals surface area (Å²) < 4.78 is 0. The fraction of sp³-hybridized carbons (Fsp3) is 0.364. The number of carboxylic acids is 1. The molecule has 0 radical (unpaired) electrons. The van der Waals surface area contributed by atoms with Crippen molar-refractivity contribution in [1.82, 2.24) is 9.88 Å². The van der Waals surface area contributed by atoms with Crippen LogP contribution in [0.2, 0.25) is 0 Å². The Balaban J connectivity index is 2.28. The largest absolute Gasteiger partial charge is 0.480 e. The summed E-state index contributed by atoms with van der Waals surface area (Å²) in [5.74, 6) is -1.73. The molecule has 2 rings (SSSR count). The number of β-amino-alcohol motifs (C(OH)–C–C–N with tert-alkyl or cyclic N) is 1. The van der Waals surface area contributed by atoms with E-state index in [9.17, 15) is 19.5 Å². The molecule has 0 aliphatic carbocycles. The number of aliphatic carboxylic acids is 1. The molecule has 0 aromatic carbocycles. The number of H-pyrrole nitrogens is 1. The number of carbonyl (C=O) groups is 2. The molecule has 1 fully saturated rings. The van der Waals surface area contributed by atoms with E-state index in [2.05, 4.69) is 4.98 Å². The number of nitrogens with one attached hydrogen (secondary N) is 1. The molecular weight excluding hydrogens is 240 g/mol. The van der Waals surface area contributed by atoms with Crippen LogP contribution in [0, 0.1) is 0 Å². The lowest BCUT2D eigenvalue weighted by Gasteiger charge is -2.20. The summed E-state index contributed by atoms with van der Waals surface area (Å²) >= 11 is 0. The van der Waals surface area contributed by atoms with Gasteiger partial charge in [-0.05, 0) is 6.07 Å². The van der Waals surface area contributed by atoms with Crippen LogP contribution in [0.4, 0.5) is 0 Å². The Kier molecular flexibility index (Phi) is 3.15. The molecule has 1 unspecified atom stereocenters. The standard InChI is InChI=1S/C11H12N2O5/c14-7-4-8(11(17)18)13(5-7)10(16)6-1-2-12-9(15)3-6/h1-3,7-8,14H,4-5H2,(H,12,15)(H,17,18)/t7?,8-/m0/s1. The van der Waals surface area contributed by atoms with Gasteiger partial charge in [0.15, 0.2) is 0 Å². The van der Waals surface area contributed by atoms with E-state index in [-0.39, 0.29) is 18.5 Å². The molecule has 7 nitrogen and oxygen atoms in total. The van der Waals surface area contributed by atoms with Crippen molar-refractivity contribution >= 4 is 11.9 Å². The number of rotatable bonds is 2. The lowest BCUT2D eigenvalue weighted by atomic mass is 10.2. The monoisotopic (exact) mass is 252 g/mol. The highest BCUT2D eigenvalue weighted by atomic mass is 16.4. The number of aromatic nitrogens is 1. The number of hydrogen-bond donors (Lipinski definition) is 3. The highest BCUT2D eigenvalue weighted by Crippen LogP contribution is 2.20. The van der Waals surface area contributed by atoms with E-state index in [1.54, 1.807) is 0 Å². The number of amides is 1. The molecule has 0 spiro atoms. The number of aromatic amines is 1. The predicted octanol–water partition coefficient (Wildman–Crippen LogP) is -0.965. The molecule has 1 aromatic rings. The van der Waals surface area contributed by atoms with Gasteiger partial charge in [0.05, 0.1) is 6.10 Å². The summed E-state index contributed by atoms with van der Waals surface area (Å²) in [5.41, 5.74) is -0.327. The zero-order valence-corrected chi connectivity index (χ0v) is 9.37. The number of aliphatic hydroxyl groups is 1. The fourth-order valence-electron chi connectivity index (χ4n) is 2.02. The minimum Gasteiger partial charge on any atom is -0.480 e. The van der Waals surface area contributed by atoms with Gasteiger partial charge in [-0.25, -0.2) is 4.79 Å². The molecule has 1 aromatic heterocycles. The molecule has 1 saturated heterocycles. The topological polar surface area (TPSA) is 111 Å². The molecular formula is C11H12N2O5. The van der Waals surface area contributed by atoms with Crippen molar-refractivity contribution in [3.63, 3.8) is 0 Å². The van der Waals surface area contributed by atoms with E-state index in [4.69, 9.17) is 5.11 Å². The van der Waals surface area contributed by atoms with Gasteiger partial charge in [0.1, 0.15) is 6.04 Å². The minimum absolute atomic E-state index is 0.00423. The number of carbonyl (C=O) groups excluding carboxylic acids is 1. The molecule has 2 heterocycles. The van der Waals surface area contributed by atoms with Gasteiger partial charge in [0.2, 0.25) is 5.56 Å². The summed E-state index contributed by atoms with van der Waals surface area (Å²) in [6.07, 6.45) is 0.472. The molecule has 1 aliphatic rings. The maximum Gasteiger partial charge on any atom is 0.326 e. The van der Waals surface area contributed by atoms with Crippen LogP contribution in [-0.4, -0.2) is 50.7 Å². The first-order valence-electron chi connectivity index (χ1n) is 5.39. The van der Waals surface area contributed by atoms with Crippen LogP contribution in [0.5, 0.6) is 0 Å². The van der Waals surface area contributed by atoms with Crippen LogP contribution in [0.25, 0.3) is 0 Å². The first-order chi connectivity index (χ1) is 8.49. The summed E-state index contributed by atoms with van der Waals surface area (Å²) in [7, 11) is 0. The molecule has 2 atom stereocenters. The number of nitrogens with zero attached hydrogens (tertiary/aromatic N) is 1. The molecule has 7 heteroatoms. The second-order valence-electron chi connectivity index (χ2n) is 4.14. The van der Waals surface area contributed by atoms with Gasteiger partial charge in [-0.3, -0.25) is 9.59 Å². The number of likely N-dealkylation sites (tertiary alicyclic amines) is 1. The third-order valence-electron chi connectivity index (χ3n) is 2.85. The predicted molar refractivity (Wildman–Crippen MR) is 60.1 cm³/mol. The van der Waals surface area contributed by atoms with Gasteiger partial charge in [-0.1, -0.05) is 0 Å². The van der Waals surface area contributed by atoms with Crippen molar-refractivity contribution in [2.24, 2.45) is 0 Å². The number of carboxylic acid groups (broad SMARTS) is 1. The minimum atomic E-state index is -1.16. The molecule has 0 saturated carbocycles. The summed E-state index contributed by atoms with van der Waals surface area (Å²) in [5, 5.41) is 18.4. The van der Waals surface area contributed by atoms with Crippen LogP contribution < -0.4 is 5.56 Å². The van der Waals surface area contributed by atoms with E-state index >= 15 is 0 Å². The van der Waals surface area contributed by atoms with Crippen LogP contribution >= 0.6 is 0 Å². The molecule has 3 N–H and O–H groups in total. The number of aliphatic hydroxyl groups excluding tert-OH is 1. The van der Waals surface area contributed by atoms with E-state index in [0.717, 1.165) is 11.0 Å². The van der Waals surface area contributed by atoms with E-state index in [1.165, 1.54) is 12.3 Å². The van der Waals surface area contributed by atoms with Crippen molar-refractivity contribution in [3.8, 4) is 0 Å². The maximum absolute atomic E-state index is 12.1. The van der Waals surface area contributed by atoms with Crippen LogP contribution in [0.15, 0.2) is 23.1 Å². The van der Waals surface area contributed by atoms with E-state index < -0.39 is 29.6 Å². The van der Waals surface area contributed by atoms with Crippen molar-refractivity contribution in [2.75, 3.05) is 6.54 Å². The number of pyridine rings is 1. The van der Waals surface area contributed by atoms with Crippen LogP contribution in [-0.2, 0) is 4.79 Å². The normalized spacial score (nSPS) is 23.1. The lowest BCUT2D eigenvalue weighted by Crippen LogP contribution is -2.40. The van der Waals surface area contributed by atoms with Gasteiger partial charge in [-0.15, -0.1) is 0 Å². The summed E-state index contributed by atoms with van der Waals surface area (Å²) in [4.78, 5) is 37.6. The molecule has 18 heavy (non-hydrogen) atoms.